The lowest BCUT2D eigenvalue weighted by Gasteiger charge is -2.20. The third-order valence-electron chi connectivity index (χ3n) is 4.78. The molecule has 27 heavy (non-hydrogen) atoms. The zero-order valence-electron chi connectivity index (χ0n) is 14.9. The summed E-state index contributed by atoms with van der Waals surface area (Å²) in [6.07, 6.45) is 8.29. The smallest absolute Gasteiger partial charge is 0.252 e. The zero-order chi connectivity index (χ0) is 18.8. The summed E-state index contributed by atoms with van der Waals surface area (Å²) >= 11 is 0. The number of carbonyl (C=O) groups is 1. The fraction of sp³-hybridized carbons (Fsp3) is 0.190. The number of amides is 1. The van der Waals surface area contributed by atoms with Crippen molar-refractivity contribution in [1.82, 2.24) is 15.6 Å². The van der Waals surface area contributed by atoms with E-state index < -0.39 is 0 Å². The van der Waals surface area contributed by atoms with Gasteiger partial charge in [0, 0.05) is 47.4 Å². The van der Waals surface area contributed by atoms with Crippen molar-refractivity contribution in [3.05, 3.63) is 82.7 Å². The first-order chi connectivity index (χ1) is 13.1. The van der Waals surface area contributed by atoms with E-state index in [1.807, 2.05) is 36.6 Å². The van der Waals surface area contributed by atoms with Gasteiger partial charge in [-0.05, 0) is 54.5 Å². The van der Waals surface area contributed by atoms with Crippen LogP contribution in [-0.2, 0) is 11.3 Å². The Morgan fingerprint density at radius 1 is 1.33 bits per heavy atom. The summed E-state index contributed by atoms with van der Waals surface area (Å²) in [7, 11) is 1.52. The summed E-state index contributed by atoms with van der Waals surface area (Å²) in [4.78, 5) is 15.4. The Morgan fingerprint density at radius 2 is 2.22 bits per heavy atom. The highest BCUT2D eigenvalue weighted by molar-refractivity contribution is 6.03. The number of H-pyrrole nitrogens is 1. The van der Waals surface area contributed by atoms with E-state index in [1.165, 1.54) is 19.2 Å². The maximum atomic E-state index is 13.6. The standard InChI is InChI=1S/C21H20FN3O2/c1-27-17-8-13(7-14(22)9-17)12-24-16-4-5-20-18(10-16)19(21(26)25-20)11-15-3-2-6-23-15/h2-9,11,18,23-24H,10,12H2,1H3,(H,25,26)/b19-11-. The molecule has 2 aromatic rings. The van der Waals surface area contributed by atoms with E-state index in [2.05, 4.69) is 15.6 Å². The molecule has 138 valence electrons. The summed E-state index contributed by atoms with van der Waals surface area (Å²) in [6, 6.07) is 8.47. The van der Waals surface area contributed by atoms with E-state index in [9.17, 15) is 9.18 Å². The maximum absolute atomic E-state index is 13.6. The minimum atomic E-state index is -0.326. The number of aromatic amines is 1. The first-order valence-electron chi connectivity index (χ1n) is 8.77. The third-order valence-corrected chi connectivity index (χ3v) is 4.78. The van der Waals surface area contributed by atoms with Gasteiger partial charge in [0.25, 0.3) is 5.91 Å². The summed E-state index contributed by atoms with van der Waals surface area (Å²) in [5.74, 6) is 0.0989. The van der Waals surface area contributed by atoms with Crippen LogP contribution in [0.15, 0.2) is 65.6 Å². The van der Waals surface area contributed by atoms with Gasteiger partial charge >= 0.3 is 0 Å². The molecule has 1 aromatic carbocycles. The fourth-order valence-corrected chi connectivity index (χ4v) is 3.43. The number of allylic oxidation sites excluding steroid dienone is 4. The molecule has 0 radical (unpaired) electrons. The van der Waals surface area contributed by atoms with Gasteiger partial charge in [0.2, 0.25) is 0 Å². The Bertz CT molecular complexity index is 958. The largest absolute Gasteiger partial charge is 0.497 e. The van der Waals surface area contributed by atoms with Crippen molar-refractivity contribution in [2.24, 2.45) is 5.92 Å². The molecule has 0 bridgehead atoms. The SMILES string of the molecule is COc1cc(F)cc(CNC2=CC=C3NC(=O)/C(=C\c4ccc[nH]4)C3C2)c1. The van der Waals surface area contributed by atoms with Crippen LogP contribution in [0.3, 0.4) is 0 Å². The minimum Gasteiger partial charge on any atom is -0.497 e. The van der Waals surface area contributed by atoms with Crippen LogP contribution in [0.25, 0.3) is 6.08 Å². The first-order valence-corrected chi connectivity index (χ1v) is 8.77. The summed E-state index contributed by atoms with van der Waals surface area (Å²) in [6.45, 7) is 0.479. The number of benzene rings is 1. The molecular weight excluding hydrogens is 345 g/mol. The van der Waals surface area contributed by atoms with Crippen molar-refractivity contribution in [2.45, 2.75) is 13.0 Å². The average molecular weight is 365 g/mol. The number of carbonyl (C=O) groups excluding carboxylic acids is 1. The van der Waals surface area contributed by atoms with Crippen LogP contribution in [0, 0.1) is 11.7 Å². The third kappa shape index (κ3) is 3.65. The van der Waals surface area contributed by atoms with Crippen molar-refractivity contribution in [2.75, 3.05) is 7.11 Å². The number of hydrogen-bond donors (Lipinski definition) is 3. The fourth-order valence-electron chi connectivity index (χ4n) is 3.43. The van der Waals surface area contributed by atoms with Crippen molar-refractivity contribution < 1.29 is 13.9 Å². The number of nitrogens with one attached hydrogen (secondary N) is 3. The molecule has 1 amide bonds. The van der Waals surface area contributed by atoms with Crippen LogP contribution >= 0.6 is 0 Å². The number of hydrogen-bond acceptors (Lipinski definition) is 3. The van der Waals surface area contributed by atoms with Gasteiger partial charge in [0.15, 0.2) is 0 Å². The average Bonchev–Trinajstić information content (AvgIpc) is 3.28. The molecule has 0 saturated carbocycles. The second kappa shape index (κ2) is 7.15. The molecule has 1 unspecified atom stereocenters. The molecule has 1 atom stereocenters. The molecule has 2 aliphatic rings. The highest BCUT2D eigenvalue weighted by Crippen LogP contribution is 2.35. The van der Waals surface area contributed by atoms with Crippen molar-refractivity contribution in [3.8, 4) is 5.75 Å². The van der Waals surface area contributed by atoms with Crippen molar-refractivity contribution in [1.29, 1.82) is 0 Å². The molecule has 0 spiro atoms. The van der Waals surface area contributed by atoms with E-state index >= 15 is 0 Å². The number of methoxy groups -OCH3 is 1. The summed E-state index contributed by atoms with van der Waals surface area (Å²) < 4.78 is 18.8. The van der Waals surface area contributed by atoms with Gasteiger partial charge in [0.1, 0.15) is 11.6 Å². The van der Waals surface area contributed by atoms with Crippen LogP contribution in [0.1, 0.15) is 17.7 Å². The molecule has 3 N–H and O–H groups in total. The van der Waals surface area contributed by atoms with E-state index in [0.717, 1.165) is 28.2 Å². The van der Waals surface area contributed by atoms with Gasteiger partial charge < -0.3 is 20.4 Å². The second-order valence-corrected chi connectivity index (χ2v) is 6.60. The summed E-state index contributed by atoms with van der Waals surface area (Å²) in [5.41, 5.74) is 4.35. The molecule has 6 heteroatoms. The predicted octanol–water partition coefficient (Wildman–Crippen LogP) is 3.25. The number of rotatable bonds is 5. The Hall–Kier alpha value is -3.28. The summed E-state index contributed by atoms with van der Waals surface area (Å²) in [5, 5.41) is 6.28. The van der Waals surface area contributed by atoms with Crippen LogP contribution in [0.5, 0.6) is 5.75 Å². The molecule has 2 heterocycles. The van der Waals surface area contributed by atoms with Crippen LogP contribution in [-0.4, -0.2) is 18.0 Å². The first kappa shape index (κ1) is 17.1. The van der Waals surface area contributed by atoms with Gasteiger partial charge in [-0.15, -0.1) is 0 Å². The van der Waals surface area contributed by atoms with Crippen molar-refractivity contribution >= 4 is 12.0 Å². The van der Waals surface area contributed by atoms with Gasteiger partial charge in [-0.25, -0.2) is 4.39 Å². The lowest BCUT2D eigenvalue weighted by Crippen LogP contribution is -2.19. The zero-order valence-corrected chi connectivity index (χ0v) is 14.9. The van der Waals surface area contributed by atoms with E-state index in [-0.39, 0.29) is 17.6 Å². The van der Waals surface area contributed by atoms with Crippen LogP contribution < -0.4 is 15.4 Å². The van der Waals surface area contributed by atoms with Gasteiger partial charge in [0.05, 0.1) is 7.11 Å². The lowest BCUT2D eigenvalue weighted by molar-refractivity contribution is -0.115. The van der Waals surface area contributed by atoms with E-state index in [1.54, 1.807) is 6.07 Å². The highest BCUT2D eigenvalue weighted by Gasteiger charge is 2.34. The lowest BCUT2D eigenvalue weighted by atomic mass is 9.90. The molecule has 1 aliphatic heterocycles. The molecule has 1 saturated heterocycles. The van der Waals surface area contributed by atoms with Crippen LogP contribution in [0.4, 0.5) is 4.39 Å². The monoisotopic (exact) mass is 365 g/mol. The topological polar surface area (TPSA) is 66.2 Å². The van der Waals surface area contributed by atoms with E-state index in [0.29, 0.717) is 18.7 Å². The van der Waals surface area contributed by atoms with Gasteiger partial charge in [-0.2, -0.15) is 0 Å². The Balaban J connectivity index is 1.48. The molecule has 1 aromatic heterocycles. The number of aromatic nitrogens is 1. The highest BCUT2D eigenvalue weighted by atomic mass is 19.1. The number of ether oxygens (including phenoxy) is 1. The minimum absolute atomic E-state index is 0.00431. The molecule has 1 fully saturated rings. The normalized spacial score (nSPS) is 20.0. The Kier molecular flexibility index (Phi) is 4.54. The Morgan fingerprint density at radius 3 is 3.00 bits per heavy atom. The molecule has 1 aliphatic carbocycles. The number of halogens is 1. The molecular formula is C21H20FN3O2. The predicted molar refractivity (Wildman–Crippen MR) is 101 cm³/mol. The van der Waals surface area contributed by atoms with Crippen LogP contribution in [0.2, 0.25) is 0 Å². The second-order valence-electron chi connectivity index (χ2n) is 6.60. The van der Waals surface area contributed by atoms with Crippen molar-refractivity contribution in [3.63, 3.8) is 0 Å². The Labute approximate surface area is 156 Å². The maximum Gasteiger partial charge on any atom is 0.252 e. The molecule has 4 rings (SSSR count). The van der Waals surface area contributed by atoms with Gasteiger partial charge in [-0.3, -0.25) is 4.79 Å². The quantitative estimate of drug-likeness (QED) is 0.713. The van der Waals surface area contributed by atoms with E-state index in [4.69, 9.17) is 4.74 Å². The molecule has 5 nitrogen and oxygen atoms in total. The number of fused-ring (bicyclic) bond motifs is 1. The van der Waals surface area contributed by atoms with Gasteiger partial charge in [-0.1, -0.05) is 0 Å².